The molecule has 3 aromatic rings. The van der Waals surface area contributed by atoms with Gasteiger partial charge in [0.2, 0.25) is 12.2 Å². The van der Waals surface area contributed by atoms with Gasteiger partial charge < -0.3 is 35.3 Å². The number of pyridine rings is 1. The van der Waals surface area contributed by atoms with Crippen LogP contribution < -0.4 is 16.4 Å². The maximum absolute atomic E-state index is 10.5. The van der Waals surface area contributed by atoms with Crippen LogP contribution >= 0.6 is 11.6 Å². The zero-order chi connectivity index (χ0) is 35.8. The number of alkyl carbamates (subject to hydrolysis) is 1. The molecule has 260 valence electrons. The van der Waals surface area contributed by atoms with Crippen LogP contribution in [-0.2, 0) is 9.47 Å². The van der Waals surface area contributed by atoms with Crippen LogP contribution in [0.2, 0.25) is 5.02 Å². The van der Waals surface area contributed by atoms with Gasteiger partial charge in [0.25, 0.3) is 0 Å². The molecule has 4 N–H and O–H groups in total. The quantitative estimate of drug-likeness (QED) is 0.248. The molecule has 0 unspecified atom stereocenters. The van der Waals surface area contributed by atoms with E-state index in [1.807, 2.05) is 84.9 Å². The normalized spacial score (nSPS) is 11.8. The highest BCUT2D eigenvalue weighted by molar-refractivity contribution is 6.33. The van der Waals surface area contributed by atoms with E-state index in [1.165, 1.54) is 39.4 Å². The number of nitrogens with zero attached hydrogens (tertiary/aromatic N) is 4. The Bertz CT molecular complexity index is 1190. The van der Waals surface area contributed by atoms with Crippen LogP contribution in [-0.4, -0.2) is 70.6 Å². The maximum atomic E-state index is 10.5. The number of para-hydroxylation sites is 1. The minimum atomic E-state index is -0.725. The topological polar surface area (TPSA) is 158 Å². The summed E-state index contributed by atoms with van der Waals surface area (Å²) in [7, 11) is 3.71. The van der Waals surface area contributed by atoms with Gasteiger partial charge >= 0.3 is 12.2 Å². The molecule has 1 saturated heterocycles. The Morgan fingerprint density at radius 3 is 1.80 bits per heavy atom. The number of rotatable bonds is 3. The number of nitrogens with one attached hydrogen (secondary N) is 2. The smallest absolute Gasteiger partial charge is 0.407 e. The summed E-state index contributed by atoms with van der Waals surface area (Å²) in [5.41, 5.74) is 5.48. The molecule has 0 bridgehead atoms. The number of likely N-dealkylation sites (tertiary alicyclic amines) is 1. The molecule has 0 spiro atoms. The number of carbonyl (C=O) groups is 2. The Labute approximate surface area is 280 Å². The Morgan fingerprint density at radius 1 is 0.913 bits per heavy atom. The number of amides is 2. The highest BCUT2D eigenvalue weighted by Gasteiger charge is 2.14. The van der Waals surface area contributed by atoms with Crippen molar-refractivity contribution in [3.8, 4) is 11.4 Å². The monoisotopic (exact) mass is 665 g/mol. The van der Waals surface area contributed by atoms with E-state index in [-0.39, 0.29) is 11.7 Å². The molecular formula is C33H56ClN7O5. The van der Waals surface area contributed by atoms with Crippen molar-refractivity contribution in [2.45, 2.75) is 93.3 Å². The molecule has 0 atom stereocenters. The lowest BCUT2D eigenvalue weighted by Gasteiger charge is -2.18. The summed E-state index contributed by atoms with van der Waals surface area (Å²) in [4.78, 5) is 31.1. The Morgan fingerprint density at radius 2 is 1.48 bits per heavy atom. The van der Waals surface area contributed by atoms with Crippen LogP contribution in [0.4, 0.5) is 21.1 Å². The third kappa shape index (κ3) is 23.5. The lowest BCUT2D eigenvalue weighted by atomic mass is 10.2. The highest BCUT2D eigenvalue weighted by Crippen LogP contribution is 2.24. The number of benzene rings is 1. The van der Waals surface area contributed by atoms with Crippen molar-refractivity contribution < 1.29 is 23.6 Å². The second-order valence-electron chi connectivity index (χ2n) is 11.1. The number of hydrogen-bond acceptors (Lipinski definition) is 10. The molecule has 1 fully saturated rings. The van der Waals surface area contributed by atoms with Crippen LogP contribution in [0.3, 0.4) is 0 Å². The maximum Gasteiger partial charge on any atom is 0.407 e. The van der Waals surface area contributed by atoms with E-state index in [1.54, 1.807) is 27.0 Å². The lowest BCUT2D eigenvalue weighted by Crippen LogP contribution is -2.30. The predicted octanol–water partition coefficient (Wildman–Crippen LogP) is 8.31. The Balaban J connectivity index is 0. The first-order valence-electron chi connectivity index (χ1n) is 15.4. The summed E-state index contributed by atoms with van der Waals surface area (Å²) < 4.78 is 14.1. The van der Waals surface area contributed by atoms with Gasteiger partial charge in [-0.05, 0) is 98.8 Å². The van der Waals surface area contributed by atoms with Crippen LogP contribution in [0.25, 0.3) is 11.4 Å². The summed E-state index contributed by atoms with van der Waals surface area (Å²) >= 11 is 6.06. The zero-order valence-corrected chi connectivity index (χ0v) is 30.5. The van der Waals surface area contributed by atoms with Gasteiger partial charge in [-0.1, -0.05) is 56.6 Å². The molecule has 0 radical (unpaired) electrons. The fraction of sp³-hybridized carbons (Fsp3) is 0.545. The lowest BCUT2D eigenvalue weighted by molar-refractivity contribution is 0.0539. The van der Waals surface area contributed by atoms with Crippen molar-refractivity contribution in [2.75, 3.05) is 32.5 Å². The number of halogens is 1. The summed E-state index contributed by atoms with van der Waals surface area (Å²) in [6.45, 7) is 21.4. The van der Waals surface area contributed by atoms with E-state index in [0.717, 1.165) is 11.3 Å². The molecular weight excluding hydrogens is 610 g/mol. The van der Waals surface area contributed by atoms with Gasteiger partial charge in [0.1, 0.15) is 17.0 Å². The van der Waals surface area contributed by atoms with E-state index in [4.69, 9.17) is 22.1 Å². The Kier molecular flexibility index (Phi) is 23.4. The minimum absolute atomic E-state index is 0.387. The van der Waals surface area contributed by atoms with E-state index < -0.39 is 11.7 Å². The summed E-state index contributed by atoms with van der Waals surface area (Å²) in [6, 6.07) is 11.2. The third-order valence-corrected chi connectivity index (χ3v) is 5.19. The molecule has 2 amide bonds. The van der Waals surface area contributed by atoms with Crippen molar-refractivity contribution in [1.82, 2.24) is 25.3 Å². The first-order chi connectivity index (χ1) is 21.6. The van der Waals surface area contributed by atoms with Gasteiger partial charge in [-0.2, -0.15) is 4.98 Å². The van der Waals surface area contributed by atoms with Crippen LogP contribution in [0.1, 0.15) is 82.1 Å². The zero-order valence-electron chi connectivity index (χ0n) is 29.7. The summed E-state index contributed by atoms with van der Waals surface area (Å²) in [5.74, 6) is 1.21. The highest BCUT2D eigenvalue weighted by atomic mass is 35.5. The van der Waals surface area contributed by atoms with Crippen molar-refractivity contribution in [3.63, 3.8) is 0 Å². The first kappa shape index (κ1) is 44.2. The largest absolute Gasteiger partial charge is 0.444 e. The average Bonchev–Trinajstić information content (AvgIpc) is 3.70. The SMILES string of the molecule is CC.CC.CC(C)(C)OC(N)=O.CN1CCCC1.CNC(=O)OC(C)(C)C.Clc1ccccc1Nc1ccc(-c2ncon2)cn1. The van der Waals surface area contributed by atoms with Gasteiger partial charge in [0, 0.05) is 18.8 Å². The minimum Gasteiger partial charge on any atom is -0.444 e. The number of primary amides is 1. The molecule has 2 aromatic heterocycles. The summed E-state index contributed by atoms with van der Waals surface area (Å²) in [5, 5.41) is 9.89. The van der Waals surface area contributed by atoms with Crippen molar-refractivity contribution in [1.29, 1.82) is 0 Å². The number of carbonyl (C=O) groups excluding carboxylic acids is 2. The molecule has 1 aromatic carbocycles. The Hall–Kier alpha value is -3.90. The number of nitrogens with two attached hydrogens (primary N) is 1. The van der Waals surface area contributed by atoms with E-state index >= 15 is 0 Å². The number of aromatic nitrogens is 3. The van der Waals surface area contributed by atoms with Crippen LogP contribution in [0, 0.1) is 0 Å². The standard InChI is InChI=1S/C13H9ClN4O.C6H13NO2.C5H11NO2.C5H11N.2C2H6/c14-10-3-1-2-4-11(10)17-12-6-5-9(7-15-12)13-16-8-19-18-13;1-6(2,3)9-5(8)7-4;1-5(2,3)8-4(6)7;1-6-4-2-3-5-6;2*1-2/h1-8H,(H,15,17);1-4H3,(H,7,8);1-3H3,(H2,6,7);2-5H2,1H3;2*1-2H3. The molecule has 0 aliphatic carbocycles. The fourth-order valence-electron chi connectivity index (χ4n) is 3.10. The van der Waals surface area contributed by atoms with Crippen molar-refractivity contribution >= 4 is 35.3 Å². The summed E-state index contributed by atoms with van der Waals surface area (Å²) in [6.07, 6.45) is 4.67. The van der Waals surface area contributed by atoms with Gasteiger partial charge in [0.15, 0.2) is 0 Å². The first-order valence-corrected chi connectivity index (χ1v) is 15.8. The van der Waals surface area contributed by atoms with E-state index in [0.29, 0.717) is 16.7 Å². The second kappa shape index (κ2) is 24.3. The molecule has 3 heterocycles. The van der Waals surface area contributed by atoms with Gasteiger partial charge in [-0.3, -0.25) is 0 Å². The molecule has 1 aliphatic heterocycles. The molecule has 12 nitrogen and oxygen atoms in total. The van der Waals surface area contributed by atoms with Crippen molar-refractivity contribution in [2.24, 2.45) is 5.73 Å². The van der Waals surface area contributed by atoms with Gasteiger partial charge in [-0.15, -0.1) is 0 Å². The molecule has 46 heavy (non-hydrogen) atoms. The van der Waals surface area contributed by atoms with Crippen LogP contribution in [0.15, 0.2) is 53.5 Å². The van der Waals surface area contributed by atoms with Crippen molar-refractivity contribution in [3.05, 3.63) is 54.0 Å². The number of hydrogen-bond donors (Lipinski definition) is 3. The average molecular weight is 666 g/mol. The predicted molar refractivity (Wildman–Crippen MR) is 187 cm³/mol. The number of ether oxygens (including phenoxy) is 2. The fourth-order valence-corrected chi connectivity index (χ4v) is 3.29. The van der Waals surface area contributed by atoms with Gasteiger partial charge in [-0.25, -0.2) is 14.6 Å². The second-order valence-corrected chi connectivity index (χ2v) is 11.5. The van der Waals surface area contributed by atoms with E-state index in [9.17, 15) is 9.59 Å². The molecule has 4 rings (SSSR count). The van der Waals surface area contributed by atoms with Gasteiger partial charge in [0.05, 0.1) is 10.7 Å². The molecule has 13 heteroatoms. The van der Waals surface area contributed by atoms with E-state index in [2.05, 4.69) is 47.0 Å². The molecule has 0 saturated carbocycles. The molecule has 1 aliphatic rings. The number of anilines is 2. The third-order valence-electron chi connectivity index (χ3n) is 4.86. The van der Waals surface area contributed by atoms with Crippen LogP contribution in [0.5, 0.6) is 0 Å².